The largest absolute Gasteiger partial charge is 0.330 e. The smallest absolute Gasteiger partial charge is 0.184 e. The molecule has 0 amide bonds. The van der Waals surface area contributed by atoms with E-state index in [-0.39, 0.29) is 10.3 Å². The first kappa shape index (κ1) is 12.9. The van der Waals surface area contributed by atoms with Crippen molar-refractivity contribution >= 4 is 23.3 Å². The highest BCUT2D eigenvalue weighted by atomic mass is 32.1. The lowest BCUT2D eigenvalue weighted by molar-refractivity contribution is 0.514. The fourth-order valence-electron chi connectivity index (χ4n) is 2.10. The van der Waals surface area contributed by atoms with E-state index in [9.17, 15) is 13.2 Å². The molecular formula is C14H9F3N2S. The molecule has 0 fully saturated rings. The lowest BCUT2D eigenvalue weighted by atomic mass is 10.2. The normalized spacial score (nSPS) is 11.2. The van der Waals surface area contributed by atoms with Crippen molar-refractivity contribution in [3.63, 3.8) is 0 Å². The molecule has 3 aromatic rings. The number of aromatic amines is 1. The van der Waals surface area contributed by atoms with Gasteiger partial charge in [-0.25, -0.2) is 13.2 Å². The van der Waals surface area contributed by atoms with Crippen molar-refractivity contribution in [1.82, 2.24) is 9.55 Å². The van der Waals surface area contributed by atoms with Crippen molar-refractivity contribution in [2.45, 2.75) is 6.92 Å². The summed E-state index contributed by atoms with van der Waals surface area (Å²) in [7, 11) is 0. The predicted molar refractivity (Wildman–Crippen MR) is 73.1 cm³/mol. The van der Waals surface area contributed by atoms with Gasteiger partial charge in [-0.2, -0.15) is 0 Å². The molecule has 0 aliphatic carbocycles. The van der Waals surface area contributed by atoms with Crippen LogP contribution >= 0.6 is 12.2 Å². The van der Waals surface area contributed by atoms with Gasteiger partial charge in [-0.1, -0.05) is 6.07 Å². The number of hydrogen-bond acceptors (Lipinski definition) is 1. The van der Waals surface area contributed by atoms with Crippen molar-refractivity contribution in [3.8, 4) is 5.69 Å². The van der Waals surface area contributed by atoms with Crippen LogP contribution in [-0.2, 0) is 0 Å². The molecule has 0 bridgehead atoms. The summed E-state index contributed by atoms with van der Waals surface area (Å²) in [6.45, 7) is 1.62. The Bertz CT molecular complexity index is 880. The molecule has 0 aliphatic rings. The average molecular weight is 294 g/mol. The van der Waals surface area contributed by atoms with Gasteiger partial charge in [0.15, 0.2) is 16.4 Å². The Kier molecular flexibility index (Phi) is 2.90. The molecule has 2 nitrogen and oxygen atoms in total. The SMILES string of the molecule is Cc1ccc(-n2c(=S)[nH]c3ccc(F)c(F)c32)cc1F. The third-order valence-corrected chi connectivity index (χ3v) is 3.44. The topological polar surface area (TPSA) is 20.7 Å². The standard InChI is InChI=1S/C14H9F3N2S/c1-7-2-3-8(6-10(7)16)19-13-11(18-14(19)20)5-4-9(15)12(13)17/h2-6H,1H3,(H,18,20). The highest BCUT2D eigenvalue weighted by Gasteiger charge is 2.15. The fourth-order valence-corrected chi connectivity index (χ4v) is 2.41. The van der Waals surface area contributed by atoms with Gasteiger partial charge in [-0.3, -0.25) is 4.57 Å². The molecule has 6 heteroatoms. The molecule has 0 saturated heterocycles. The molecule has 0 spiro atoms. The number of halogens is 3. The van der Waals surface area contributed by atoms with E-state index in [2.05, 4.69) is 4.98 Å². The van der Waals surface area contributed by atoms with Crippen molar-refractivity contribution < 1.29 is 13.2 Å². The van der Waals surface area contributed by atoms with Crippen LogP contribution in [0.4, 0.5) is 13.2 Å². The molecule has 1 aromatic heterocycles. The summed E-state index contributed by atoms with van der Waals surface area (Å²) in [5.41, 5.74) is 1.13. The summed E-state index contributed by atoms with van der Waals surface area (Å²) >= 11 is 5.11. The van der Waals surface area contributed by atoms with Crippen molar-refractivity contribution in [1.29, 1.82) is 0 Å². The van der Waals surface area contributed by atoms with E-state index in [0.29, 0.717) is 16.8 Å². The van der Waals surface area contributed by atoms with E-state index < -0.39 is 17.5 Å². The van der Waals surface area contributed by atoms with Gasteiger partial charge in [-0.05, 0) is 49.0 Å². The van der Waals surface area contributed by atoms with Crippen LogP contribution in [0.1, 0.15) is 5.56 Å². The molecule has 0 aliphatic heterocycles. The van der Waals surface area contributed by atoms with Crippen molar-refractivity contribution in [2.24, 2.45) is 0 Å². The number of nitrogens with one attached hydrogen (secondary N) is 1. The second-order valence-corrected chi connectivity index (χ2v) is 4.84. The van der Waals surface area contributed by atoms with Crippen LogP contribution in [-0.4, -0.2) is 9.55 Å². The summed E-state index contributed by atoms with van der Waals surface area (Å²) in [5, 5.41) is 0. The summed E-state index contributed by atoms with van der Waals surface area (Å²) in [6, 6.07) is 6.81. The molecule has 1 N–H and O–H groups in total. The van der Waals surface area contributed by atoms with E-state index >= 15 is 0 Å². The Labute approximate surface area is 117 Å². The van der Waals surface area contributed by atoms with Gasteiger partial charge in [0, 0.05) is 0 Å². The maximum atomic E-state index is 14.0. The summed E-state index contributed by atoms with van der Waals surface area (Å²) in [4.78, 5) is 2.78. The van der Waals surface area contributed by atoms with E-state index in [1.54, 1.807) is 19.1 Å². The molecule has 0 radical (unpaired) electrons. The van der Waals surface area contributed by atoms with Gasteiger partial charge < -0.3 is 4.98 Å². The number of H-pyrrole nitrogens is 1. The van der Waals surface area contributed by atoms with Gasteiger partial charge >= 0.3 is 0 Å². The van der Waals surface area contributed by atoms with Gasteiger partial charge in [0.2, 0.25) is 0 Å². The molecule has 20 heavy (non-hydrogen) atoms. The highest BCUT2D eigenvalue weighted by Crippen LogP contribution is 2.25. The first-order valence-corrected chi connectivity index (χ1v) is 6.25. The zero-order valence-electron chi connectivity index (χ0n) is 10.4. The number of rotatable bonds is 1. The van der Waals surface area contributed by atoms with Gasteiger partial charge in [0.25, 0.3) is 0 Å². The fraction of sp³-hybridized carbons (Fsp3) is 0.0714. The quantitative estimate of drug-likeness (QED) is 0.659. The Balaban J connectivity index is 2.41. The average Bonchev–Trinajstić information content (AvgIpc) is 2.74. The molecule has 102 valence electrons. The minimum absolute atomic E-state index is 0.0294. The number of imidazole rings is 1. The summed E-state index contributed by atoms with van der Waals surface area (Å²) in [6.07, 6.45) is 0. The first-order chi connectivity index (χ1) is 9.49. The molecule has 1 heterocycles. The van der Waals surface area contributed by atoms with Gasteiger partial charge in [-0.15, -0.1) is 0 Å². The van der Waals surface area contributed by atoms with E-state index in [1.165, 1.54) is 16.7 Å². The lowest BCUT2D eigenvalue weighted by Crippen LogP contribution is -1.98. The van der Waals surface area contributed by atoms with Crippen LogP contribution < -0.4 is 0 Å². The number of hydrogen-bond donors (Lipinski definition) is 1. The highest BCUT2D eigenvalue weighted by molar-refractivity contribution is 7.71. The van der Waals surface area contributed by atoms with Gasteiger partial charge in [0.05, 0.1) is 11.2 Å². The number of fused-ring (bicyclic) bond motifs is 1. The Morgan fingerprint density at radius 1 is 1.05 bits per heavy atom. The number of aryl methyl sites for hydroxylation is 1. The minimum atomic E-state index is -1.02. The van der Waals surface area contributed by atoms with Crippen LogP contribution in [0.25, 0.3) is 16.7 Å². The molecule has 3 rings (SSSR count). The maximum Gasteiger partial charge on any atom is 0.184 e. The van der Waals surface area contributed by atoms with Crippen LogP contribution in [0.15, 0.2) is 30.3 Å². The molecule has 0 atom stereocenters. The van der Waals surface area contributed by atoms with E-state index in [0.717, 1.165) is 6.07 Å². The summed E-state index contributed by atoms with van der Waals surface area (Å²) < 4.78 is 42.5. The zero-order valence-corrected chi connectivity index (χ0v) is 11.2. The van der Waals surface area contributed by atoms with Crippen LogP contribution in [0.3, 0.4) is 0 Å². The maximum absolute atomic E-state index is 14.0. The molecular weight excluding hydrogens is 285 g/mol. The molecule has 0 saturated carbocycles. The Morgan fingerprint density at radius 2 is 1.80 bits per heavy atom. The third kappa shape index (κ3) is 1.84. The van der Waals surface area contributed by atoms with Crippen LogP contribution in [0, 0.1) is 29.1 Å². The lowest BCUT2D eigenvalue weighted by Gasteiger charge is -2.07. The Morgan fingerprint density at radius 3 is 2.50 bits per heavy atom. The van der Waals surface area contributed by atoms with E-state index in [4.69, 9.17) is 12.2 Å². The van der Waals surface area contributed by atoms with E-state index in [1.807, 2.05) is 0 Å². The monoisotopic (exact) mass is 294 g/mol. The summed E-state index contributed by atoms with van der Waals surface area (Å²) in [5.74, 6) is -2.43. The van der Waals surface area contributed by atoms with Crippen molar-refractivity contribution in [2.75, 3.05) is 0 Å². The minimum Gasteiger partial charge on any atom is -0.330 e. The molecule has 2 aromatic carbocycles. The zero-order chi connectivity index (χ0) is 14.4. The predicted octanol–water partition coefficient (Wildman–Crippen LogP) is 4.41. The number of nitrogens with zero attached hydrogens (tertiary/aromatic N) is 1. The second-order valence-electron chi connectivity index (χ2n) is 4.46. The number of benzene rings is 2. The second kappa shape index (κ2) is 4.49. The number of aromatic nitrogens is 2. The first-order valence-electron chi connectivity index (χ1n) is 5.84. The Hall–Kier alpha value is -2.08. The molecule has 0 unspecified atom stereocenters. The van der Waals surface area contributed by atoms with Crippen molar-refractivity contribution in [3.05, 3.63) is 58.1 Å². The van der Waals surface area contributed by atoms with Crippen LogP contribution in [0.5, 0.6) is 0 Å². The van der Waals surface area contributed by atoms with Crippen LogP contribution in [0.2, 0.25) is 0 Å². The van der Waals surface area contributed by atoms with Gasteiger partial charge in [0.1, 0.15) is 11.3 Å². The third-order valence-electron chi connectivity index (χ3n) is 3.15.